The Bertz CT molecular complexity index is 1570. The third-order valence-electron chi connectivity index (χ3n) is 9.26. The fourth-order valence-corrected chi connectivity index (χ4v) is 7.11. The van der Waals surface area contributed by atoms with Crippen molar-refractivity contribution in [2.24, 2.45) is 5.73 Å². The number of hydrogen-bond acceptors (Lipinski definition) is 5. The lowest BCUT2D eigenvalue weighted by molar-refractivity contribution is 0.0104. The molecular weight excluding hydrogens is 550 g/mol. The van der Waals surface area contributed by atoms with E-state index in [1.165, 1.54) is 12.1 Å². The van der Waals surface area contributed by atoms with Gasteiger partial charge < -0.3 is 25.6 Å². The first-order chi connectivity index (χ1) is 19.6. The summed E-state index contributed by atoms with van der Waals surface area (Å²) in [6.45, 7) is 2.25. The number of nitrogens with two attached hydrogens (primary N) is 1. The van der Waals surface area contributed by atoms with Gasteiger partial charge in [0.1, 0.15) is 29.2 Å². The standard InChI is InChI=1S/C32H31ClF2N2O4/c1-31(39)9-7-17(8-10-31)37-15-32(16-5-3-2-4-6-16)14-20-23(41-32)13-21(34)28(33)26(20)27-19(30(36)38)12-24-25(29(27)35)18-11-22(18)40-24/h2-6,12-13,17-18,22,37,39H,7-11,14-15H2,1H3,(H2,36,38)/t17-,18?,22?,31-,32-/m1/s1. The molecule has 4 N–H and O–H groups in total. The van der Waals surface area contributed by atoms with Gasteiger partial charge >= 0.3 is 0 Å². The fraction of sp³-hybridized carbons (Fsp3) is 0.406. The number of carbonyl (C=O) groups is 1. The minimum absolute atomic E-state index is 0.0892. The first kappa shape index (κ1) is 26.7. The van der Waals surface area contributed by atoms with Gasteiger partial charge in [0, 0.05) is 53.2 Å². The Balaban J connectivity index is 1.33. The highest BCUT2D eigenvalue weighted by atomic mass is 35.5. The van der Waals surface area contributed by atoms with E-state index in [4.69, 9.17) is 26.8 Å². The van der Waals surface area contributed by atoms with Gasteiger partial charge in [-0.05, 0) is 50.7 Å². The van der Waals surface area contributed by atoms with Gasteiger partial charge in [0.15, 0.2) is 5.60 Å². The second-order valence-corrected chi connectivity index (χ2v) is 12.6. The van der Waals surface area contributed by atoms with Crippen LogP contribution in [0.25, 0.3) is 11.1 Å². The molecule has 2 saturated carbocycles. The molecule has 0 aromatic heterocycles. The van der Waals surface area contributed by atoms with Crippen LogP contribution < -0.4 is 20.5 Å². The normalized spacial score (nSPS) is 29.2. The smallest absolute Gasteiger partial charge is 0.249 e. The maximum absolute atomic E-state index is 16.4. The van der Waals surface area contributed by atoms with E-state index in [0.29, 0.717) is 42.7 Å². The van der Waals surface area contributed by atoms with Gasteiger partial charge in [0.05, 0.1) is 16.2 Å². The largest absolute Gasteiger partial charge is 0.489 e. The Labute approximate surface area is 241 Å². The zero-order valence-electron chi connectivity index (χ0n) is 22.6. The van der Waals surface area contributed by atoms with Crippen LogP contribution in [0.3, 0.4) is 0 Å². The molecule has 2 aliphatic heterocycles. The molecule has 3 atom stereocenters. The molecule has 2 heterocycles. The second kappa shape index (κ2) is 9.41. The molecule has 2 fully saturated rings. The fourth-order valence-electron chi connectivity index (χ4n) is 6.85. The van der Waals surface area contributed by atoms with Gasteiger partial charge in [-0.3, -0.25) is 4.79 Å². The molecule has 3 aromatic carbocycles. The number of fused-ring (bicyclic) bond motifs is 4. The molecule has 0 saturated heterocycles. The number of aliphatic hydroxyl groups is 1. The van der Waals surface area contributed by atoms with Crippen LogP contribution in [0.2, 0.25) is 5.02 Å². The first-order valence-electron chi connectivity index (χ1n) is 14.1. The molecule has 214 valence electrons. The van der Waals surface area contributed by atoms with Gasteiger partial charge in [-0.15, -0.1) is 0 Å². The number of carbonyl (C=O) groups excluding carboxylic acids is 1. The summed E-state index contributed by atoms with van der Waals surface area (Å²) >= 11 is 6.60. The summed E-state index contributed by atoms with van der Waals surface area (Å²) in [4.78, 5) is 12.6. The van der Waals surface area contributed by atoms with Gasteiger partial charge in [-0.1, -0.05) is 41.9 Å². The molecule has 6 nitrogen and oxygen atoms in total. The predicted octanol–water partition coefficient (Wildman–Crippen LogP) is 5.75. The summed E-state index contributed by atoms with van der Waals surface area (Å²) < 4.78 is 44.2. The van der Waals surface area contributed by atoms with Crippen molar-refractivity contribution in [1.29, 1.82) is 0 Å². The van der Waals surface area contributed by atoms with Crippen molar-refractivity contribution in [3.05, 3.63) is 81.4 Å². The molecule has 1 amide bonds. The van der Waals surface area contributed by atoms with Gasteiger partial charge in [0.2, 0.25) is 5.91 Å². The number of hydrogen-bond donors (Lipinski definition) is 3. The third-order valence-corrected chi connectivity index (χ3v) is 9.62. The van der Waals surface area contributed by atoms with Crippen LogP contribution in [-0.2, 0) is 12.0 Å². The van der Waals surface area contributed by atoms with Crippen LogP contribution in [0.1, 0.15) is 72.0 Å². The molecule has 4 aliphatic rings. The maximum atomic E-state index is 16.4. The van der Waals surface area contributed by atoms with Crippen molar-refractivity contribution >= 4 is 17.5 Å². The molecule has 3 aromatic rings. The summed E-state index contributed by atoms with van der Waals surface area (Å²) in [5.74, 6) is -1.84. The van der Waals surface area contributed by atoms with E-state index in [9.17, 15) is 9.90 Å². The average molecular weight is 581 g/mol. The lowest BCUT2D eigenvalue weighted by atomic mass is 9.82. The number of amides is 1. The zero-order valence-corrected chi connectivity index (χ0v) is 23.4. The summed E-state index contributed by atoms with van der Waals surface area (Å²) in [5.41, 5.74) is 5.76. The Morgan fingerprint density at radius 1 is 1.15 bits per heavy atom. The summed E-state index contributed by atoms with van der Waals surface area (Å²) in [7, 11) is 0. The number of ether oxygens (including phenoxy) is 2. The number of halogens is 3. The minimum atomic E-state index is -0.944. The summed E-state index contributed by atoms with van der Waals surface area (Å²) in [5, 5.41) is 13.7. The Hall–Kier alpha value is -3.20. The Morgan fingerprint density at radius 2 is 1.88 bits per heavy atom. The number of rotatable bonds is 6. The average Bonchev–Trinajstić information content (AvgIpc) is 3.44. The van der Waals surface area contributed by atoms with E-state index in [1.807, 2.05) is 37.3 Å². The van der Waals surface area contributed by atoms with Crippen molar-refractivity contribution in [3.63, 3.8) is 0 Å². The molecule has 41 heavy (non-hydrogen) atoms. The quantitative estimate of drug-likeness (QED) is 0.345. The van der Waals surface area contributed by atoms with Crippen LogP contribution in [-0.4, -0.2) is 35.3 Å². The van der Waals surface area contributed by atoms with E-state index < -0.39 is 28.7 Å². The highest BCUT2D eigenvalue weighted by Gasteiger charge is 2.51. The zero-order chi connectivity index (χ0) is 28.7. The van der Waals surface area contributed by atoms with Crippen LogP contribution in [0.4, 0.5) is 8.78 Å². The second-order valence-electron chi connectivity index (χ2n) is 12.2. The molecule has 0 radical (unpaired) electrons. The summed E-state index contributed by atoms with van der Waals surface area (Å²) in [6, 6.07) is 12.5. The first-order valence-corrected chi connectivity index (χ1v) is 14.5. The molecule has 7 rings (SSSR count). The predicted molar refractivity (Wildman–Crippen MR) is 150 cm³/mol. The molecule has 9 heteroatoms. The van der Waals surface area contributed by atoms with Crippen molar-refractivity contribution in [2.45, 2.75) is 74.7 Å². The van der Waals surface area contributed by atoms with Gasteiger partial charge in [0.25, 0.3) is 0 Å². The van der Waals surface area contributed by atoms with Crippen LogP contribution in [0.15, 0.2) is 42.5 Å². The number of primary amides is 1. The third kappa shape index (κ3) is 4.39. The summed E-state index contributed by atoms with van der Waals surface area (Å²) in [6.07, 6.45) is 3.83. The van der Waals surface area contributed by atoms with Crippen LogP contribution in [0, 0.1) is 11.6 Å². The molecule has 2 unspecified atom stereocenters. The van der Waals surface area contributed by atoms with E-state index in [1.54, 1.807) is 0 Å². The highest BCUT2D eigenvalue weighted by Crippen LogP contribution is 2.58. The van der Waals surface area contributed by atoms with Crippen molar-refractivity contribution < 1.29 is 28.2 Å². The minimum Gasteiger partial charge on any atom is -0.489 e. The van der Waals surface area contributed by atoms with E-state index in [-0.39, 0.29) is 51.9 Å². The van der Waals surface area contributed by atoms with Crippen LogP contribution in [0.5, 0.6) is 11.5 Å². The topological polar surface area (TPSA) is 93.8 Å². The van der Waals surface area contributed by atoms with E-state index in [0.717, 1.165) is 18.4 Å². The van der Waals surface area contributed by atoms with Crippen molar-refractivity contribution in [3.8, 4) is 22.6 Å². The highest BCUT2D eigenvalue weighted by molar-refractivity contribution is 6.34. The van der Waals surface area contributed by atoms with Gasteiger partial charge in [-0.2, -0.15) is 0 Å². The lowest BCUT2D eigenvalue weighted by Gasteiger charge is -2.36. The molecule has 0 spiro atoms. The monoisotopic (exact) mass is 580 g/mol. The van der Waals surface area contributed by atoms with E-state index >= 15 is 8.78 Å². The van der Waals surface area contributed by atoms with Crippen LogP contribution >= 0.6 is 11.6 Å². The Kier molecular flexibility index (Phi) is 6.12. The Morgan fingerprint density at radius 3 is 2.59 bits per heavy atom. The number of benzene rings is 3. The van der Waals surface area contributed by atoms with Crippen molar-refractivity contribution in [2.75, 3.05) is 6.54 Å². The lowest BCUT2D eigenvalue weighted by Crippen LogP contribution is -2.48. The molecule has 2 aliphatic carbocycles. The molecule has 0 bridgehead atoms. The van der Waals surface area contributed by atoms with Gasteiger partial charge in [-0.25, -0.2) is 8.78 Å². The SMILES string of the molecule is C[C@]1(O)CC[C@H](NC[C@@]2(c3ccccc3)Cc3c(cc(F)c(Cl)c3-c3c(C(N)=O)cc4c(c3F)C3CC3O4)O2)CC1. The van der Waals surface area contributed by atoms with E-state index in [2.05, 4.69) is 5.32 Å². The number of nitrogens with one attached hydrogen (secondary N) is 1. The maximum Gasteiger partial charge on any atom is 0.249 e. The van der Waals surface area contributed by atoms with Crippen molar-refractivity contribution in [1.82, 2.24) is 5.32 Å². The molecular formula is C32H31ClF2N2O4.